The van der Waals surface area contributed by atoms with Crippen LogP contribution in [-0.4, -0.2) is 79.9 Å². The van der Waals surface area contributed by atoms with Gasteiger partial charge in [-0.15, -0.1) is 0 Å². The summed E-state index contributed by atoms with van der Waals surface area (Å²) < 4.78 is 7.41. The van der Waals surface area contributed by atoms with Gasteiger partial charge in [-0.2, -0.15) is 4.98 Å². The van der Waals surface area contributed by atoms with Crippen molar-refractivity contribution in [2.24, 2.45) is 4.99 Å². The number of aliphatic imine (C=N–C) groups is 1. The number of nitrogens with zero attached hydrogens (tertiary/aromatic N) is 5. The number of fused-ring (bicyclic) bond motifs is 1. The van der Waals surface area contributed by atoms with Gasteiger partial charge in [0.15, 0.2) is 17.4 Å². The number of imidazole rings is 1. The van der Waals surface area contributed by atoms with Gasteiger partial charge in [0, 0.05) is 20.6 Å². The van der Waals surface area contributed by atoms with E-state index in [2.05, 4.69) is 25.3 Å². The molecule has 1 aliphatic heterocycles. The lowest BCUT2D eigenvalue weighted by molar-refractivity contribution is -0.0489. The van der Waals surface area contributed by atoms with E-state index in [9.17, 15) is 15.0 Å². The Morgan fingerprint density at radius 2 is 2.13 bits per heavy atom. The van der Waals surface area contributed by atoms with Crippen LogP contribution in [0.15, 0.2) is 46.4 Å². The molecule has 0 spiro atoms. The second kappa shape index (κ2) is 8.94. The summed E-state index contributed by atoms with van der Waals surface area (Å²) >= 11 is 0. The lowest BCUT2D eigenvalue weighted by Gasteiger charge is -2.21. The summed E-state index contributed by atoms with van der Waals surface area (Å²) in [7, 11) is 3.59. The lowest BCUT2D eigenvalue weighted by atomic mass is 10.1. The molecule has 0 aliphatic carbocycles. The molecule has 1 saturated heterocycles. The number of nitrogens with one attached hydrogen (secondary N) is 2. The van der Waals surface area contributed by atoms with E-state index < -0.39 is 30.0 Å². The van der Waals surface area contributed by atoms with Crippen LogP contribution in [0, 0.1) is 0 Å². The Bertz CT molecular complexity index is 1110. The van der Waals surface area contributed by atoms with Crippen LogP contribution in [-0.2, 0) is 11.3 Å². The minimum atomic E-state index is -1.01. The summed E-state index contributed by atoms with van der Waals surface area (Å²) in [5.74, 6) is 0.109. The first kappa shape index (κ1) is 21.1. The quantitative estimate of drug-likeness (QED) is 0.299. The summed E-state index contributed by atoms with van der Waals surface area (Å²) in [6.45, 7) is 0.222. The smallest absolute Gasteiger partial charge is 0.280 e. The number of aromatic nitrogens is 4. The number of aromatic amines is 1. The van der Waals surface area contributed by atoms with Crippen molar-refractivity contribution >= 4 is 23.5 Å². The summed E-state index contributed by atoms with van der Waals surface area (Å²) in [5.41, 5.74) is 0.944. The second-order valence-electron chi connectivity index (χ2n) is 7.55. The van der Waals surface area contributed by atoms with Gasteiger partial charge in [0.05, 0.1) is 25.3 Å². The first-order chi connectivity index (χ1) is 15.0. The van der Waals surface area contributed by atoms with Gasteiger partial charge in [-0.05, 0) is 5.56 Å². The number of aliphatic hydroxyl groups is 2. The number of aliphatic hydroxyl groups excluding tert-OH is 2. The molecular formula is C20H25N7O4. The van der Waals surface area contributed by atoms with Crippen LogP contribution in [0.4, 0.5) is 5.95 Å². The van der Waals surface area contributed by atoms with Crippen molar-refractivity contribution in [3.63, 3.8) is 0 Å². The highest BCUT2D eigenvalue weighted by atomic mass is 16.5. The van der Waals surface area contributed by atoms with Gasteiger partial charge in [-0.3, -0.25) is 14.3 Å². The first-order valence-electron chi connectivity index (χ1n) is 9.87. The molecule has 2 aromatic heterocycles. The average Bonchev–Trinajstić information content (AvgIpc) is 3.32. The third kappa shape index (κ3) is 4.35. The summed E-state index contributed by atoms with van der Waals surface area (Å²) in [6, 6.07) is 9.20. The third-order valence-electron chi connectivity index (χ3n) is 5.04. The fourth-order valence-electron chi connectivity index (χ4n) is 3.54. The van der Waals surface area contributed by atoms with Crippen molar-refractivity contribution in [1.82, 2.24) is 29.7 Å². The maximum absolute atomic E-state index is 12.4. The molecule has 0 bridgehead atoms. The third-order valence-corrected chi connectivity index (χ3v) is 5.04. The van der Waals surface area contributed by atoms with E-state index >= 15 is 0 Å². The molecule has 3 aromatic rings. The number of hydrogen-bond donors (Lipinski definition) is 4. The molecule has 4 N–H and O–H groups in total. The van der Waals surface area contributed by atoms with Gasteiger partial charge in [0.25, 0.3) is 5.56 Å². The first-order valence-corrected chi connectivity index (χ1v) is 9.87. The molecule has 4 rings (SSSR count). The van der Waals surface area contributed by atoms with Gasteiger partial charge in [0.2, 0.25) is 5.95 Å². The molecule has 3 heterocycles. The standard InChI is InChI=1S/C20H25N7O4/c1-26(2)10-23-20-24-17-15(18(30)25-20)22-11-27(17)19-16(29)14(13(9-28)31-19)21-8-12-6-4-3-5-7-12/h3-7,10-11,13-14,16,19,21,28-29H,8-9H2,1-2H3,(H,24,25,30)/t13-,14+,16?,19-/m1/s1. The second-order valence-corrected chi connectivity index (χ2v) is 7.55. The average molecular weight is 427 g/mol. The lowest BCUT2D eigenvalue weighted by Crippen LogP contribution is -2.45. The van der Waals surface area contributed by atoms with Crippen molar-refractivity contribution in [1.29, 1.82) is 0 Å². The molecule has 1 aliphatic rings. The Morgan fingerprint density at radius 1 is 1.35 bits per heavy atom. The van der Waals surface area contributed by atoms with Crippen LogP contribution in [0.25, 0.3) is 11.2 Å². The van der Waals surface area contributed by atoms with E-state index in [1.54, 1.807) is 19.0 Å². The topological polar surface area (TPSA) is 141 Å². The van der Waals surface area contributed by atoms with Crippen LogP contribution >= 0.6 is 0 Å². The zero-order chi connectivity index (χ0) is 22.0. The van der Waals surface area contributed by atoms with Gasteiger partial charge in [-0.25, -0.2) is 9.98 Å². The predicted molar refractivity (Wildman–Crippen MR) is 114 cm³/mol. The van der Waals surface area contributed by atoms with Crippen LogP contribution in [0.1, 0.15) is 11.8 Å². The molecule has 31 heavy (non-hydrogen) atoms. The fraction of sp³-hybridized carbons (Fsp3) is 0.400. The van der Waals surface area contributed by atoms with Crippen LogP contribution < -0.4 is 10.9 Å². The summed E-state index contributed by atoms with van der Waals surface area (Å²) in [6.07, 6.45) is 0.378. The highest BCUT2D eigenvalue weighted by Crippen LogP contribution is 2.31. The number of rotatable bonds is 7. The molecule has 4 atom stereocenters. The Kier molecular flexibility index (Phi) is 6.09. The number of H-pyrrole nitrogens is 1. The zero-order valence-corrected chi connectivity index (χ0v) is 17.2. The van der Waals surface area contributed by atoms with Crippen LogP contribution in [0.3, 0.4) is 0 Å². The zero-order valence-electron chi connectivity index (χ0n) is 17.2. The molecule has 1 fully saturated rings. The Morgan fingerprint density at radius 3 is 2.84 bits per heavy atom. The van der Waals surface area contributed by atoms with Crippen LogP contribution in [0.2, 0.25) is 0 Å². The molecule has 0 saturated carbocycles. The van der Waals surface area contributed by atoms with Gasteiger partial charge >= 0.3 is 0 Å². The van der Waals surface area contributed by atoms with E-state index in [1.165, 1.54) is 17.2 Å². The van der Waals surface area contributed by atoms with E-state index in [-0.39, 0.29) is 23.7 Å². The molecular weight excluding hydrogens is 402 g/mol. The SMILES string of the molecule is CN(C)C=Nc1nc2c(ncn2[C@@H]2O[C@H](CO)[C@H](NCc3ccccc3)C2O)c(=O)[nH]1. The number of ether oxygens (including phenoxy) is 1. The number of benzene rings is 1. The highest BCUT2D eigenvalue weighted by molar-refractivity contribution is 5.71. The molecule has 0 radical (unpaired) electrons. The summed E-state index contributed by atoms with van der Waals surface area (Å²) in [5, 5.41) is 24.0. The monoisotopic (exact) mass is 427 g/mol. The van der Waals surface area contributed by atoms with Crippen molar-refractivity contribution in [3.05, 3.63) is 52.6 Å². The van der Waals surface area contributed by atoms with Gasteiger partial charge < -0.3 is 25.2 Å². The molecule has 0 amide bonds. The van der Waals surface area contributed by atoms with Crippen molar-refractivity contribution in [2.45, 2.75) is 31.0 Å². The van der Waals surface area contributed by atoms with Gasteiger partial charge in [-0.1, -0.05) is 30.3 Å². The number of hydrogen-bond acceptors (Lipinski definition) is 8. The van der Waals surface area contributed by atoms with Crippen molar-refractivity contribution in [3.8, 4) is 0 Å². The van der Waals surface area contributed by atoms with E-state index in [0.29, 0.717) is 6.54 Å². The molecule has 11 nitrogen and oxygen atoms in total. The summed E-state index contributed by atoms with van der Waals surface area (Å²) in [4.78, 5) is 29.3. The molecule has 11 heteroatoms. The Balaban J connectivity index is 1.62. The molecule has 1 unspecified atom stereocenters. The van der Waals surface area contributed by atoms with Crippen molar-refractivity contribution in [2.75, 3.05) is 20.7 Å². The minimum absolute atomic E-state index is 0.109. The maximum Gasteiger partial charge on any atom is 0.280 e. The van der Waals surface area contributed by atoms with Gasteiger partial charge in [0.1, 0.15) is 12.2 Å². The Labute approximate surface area is 178 Å². The highest BCUT2D eigenvalue weighted by Gasteiger charge is 2.44. The van der Waals surface area contributed by atoms with Crippen LogP contribution in [0.5, 0.6) is 0 Å². The van der Waals surface area contributed by atoms with E-state index in [4.69, 9.17) is 4.74 Å². The predicted octanol–water partition coefficient (Wildman–Crippen LogP) is -0.250. The molecule has 1 aromatic carbocycles. The maximum atomic E-state index is 12.4. The van der Waals surface area contributed by atoms with E-state index in [1.807, 2.05) is 30.3 Å². The molecule has 164 valence electrons. The van der Waals surface area contributed by atoms with Crippen molar-refractivity contribution < 1.29 is 14.9 Å². The largest absolute Gasteiger partial charge is 0.394 e. The normalized spacial score (nSPS) is 23.7. The fourth-order valence-corrected chi connectivity index (χ4v) is 3.54. The Hall–Kier alpha value is -3.12. The minimum Gasteiger partial charge on any atom is -0.394 e. The van der Waals surface area contributed by atoms with E-state index in [0.717, 1.165) is 5.56 Å².